The number of amides is 1. The summed E-state index contributed by atoms with van der Waals surface area (Å²) in [6.45, 7) is 1.83. The van der Waals surface area contributed by atoms with Gasteiger partial charge in [-0.25, -0.2) is 4.68 Å². The third-order valence-electron chi connectivity index (χ3n) is 4.02. The van der Waals surface area contributed by atoms with Crippen molar-refractivity contribution in [2.24, 2.45) is 0 Å². The van der Waals surface area contributed by atoms with Crippen LogP contribution in [0.1, 0.15) is 18.9 Å². The summed E-state index contributed by atoms with van der Waals surface area (Å²) < 4.78 is 1.04. The summed E-state index contributed by atoms with van der Waals surface area (Å²) in [6.07, 6.45) is 3.09. The Morgan fingerprint density at radius 1 is 1.35 bits per heavy atom. The molecule has 0 bridgehead atoms. The van der Waals surface area contributed by atoms with E-state index in [0.29, 0.717) is 0 Å². The van der Waals surface area contributed by atoms with Gasteiger partial charge in [-0.1, -0.05) is 41.4 Å². The summed E-state index contributed by atoms with van der Waals surface area (Å²) in [5, 5.41) is 3.85. The van der Waals surface area contributed by atoms with Crippen molar-refractivity contribution in [2.45, 2.75) is 32.4 Å². The van der Waals surface area contributed by atoms with E-state index >= 15 is 0 Å². The molecular weight excluding hydrogens is 337 g/mol. The van der Waals surface area contributed by atoms with Gasteiger partial charge in [-0.2, -0.15) is 5.10 Å². The normalized spacial score (nSPS) is 17.0. The molecule has 2 aromatic rings. The first-order valence-corrected chi connectivity index (χ1v) is 8.05. The number of carbonyl (C=O) groups excluding carboxylic acids is 1. The van der Waals surface area contributed by atoms with E-state index in [-0.39, 0.29) is 28.5 Å². The Morgan fingerprint density at radius 3 is 2.87 bits per heavy atom. The quantitative estimate of drug-likeness (QED) is 0.835. The third-order valence-corrected chi connectivity index (χ3v) is 4.77. The van der Waals surface area contributed by atoms with E-state index in [0.717, 1.165) is 28.8 Å². The largest absolute Gasteiger partial charge is 0.308 e. The first-order chi connectivity index (χ1) is 11.0. The number of anilines is 1. The van der Waals surface area contributed by atoms with Gasteiger partial charge in [0.25, 0.3) is 5.56 Å². The van der Waals surface area contributed by atoms with E-state index in [9.17, 15) is 9.59 Å². The summed E-state index contributed by atoms with van der Waals surface area (Å²) in [4.78, 5) is 26.5. The van der Waals surface area contributed by atoms with Gasteiger partial charge in [0.1, 0.15) is 11.6 Å². The van der Waals surface area contributed by atoms with Gasteiger partial charge in [0.15, 0.2) is 0 Å². The van der Waals surface area contributed by atoms with Crippen molar-refractivity contribution in [2.75, 3.05) is 4.90 Å². The van der Waals surface area contributed by atoms with Gasteiger partial charge in [0.05, 0.1) is 11.2 Å². The molecule has 0 saturated carbocycles. The fourth-order valence-electron chi connectivity index (χ4n) is 2.83. The highest BCUT2D eigenvalue weighted by Gasteiger charge is 2.28. The Kier molecular flexibility index (Phi) is 4.41. The number of benzene rings is 1. The molecule has 120 valence electrons. The molecule has 0 unspecified atom stereocenters. The minimum atomic E-state index is -0.564. The average Bonchev–Trinajstić information content (AvgIpc) is 2.55. The Bertz CT molecular complexity index is 819. The Labute approximate surface area is 143 Å². The number of hydrogen-bond donors (Lipinski definition) is 0. The molecule has 0 spiro atoms. The van der Waals surface area contributed by atoms with E-state index in [1.807, 2.05) is 31.2 Å². The number of aryl methyl sites for hydroxylation is 1. The molecule has 3 rings (SSSR count). The van der Waals surface area contributed by atoms with Gasteiger partial charge in [-0.15, -0.1) is 0 Å². The fourth-order valence-corrected chi connectivity index (χ4v) is 3.10. The molecule has 1 atom stereocenters. The molecule has 5 nitrogen and oxygen atoms in total. The number of halogens is 2. The molecule has 23 heavy (non-hydrogen) atoms. The van der Waals surface area contributed by atoms with Crippen LogP contribution in [0.4, 0.5) is 5.69 Å². The topological polar surface area (TPSA) is 55.2 Å². The number of para-hydroxylation sites is 1. The van der Waals surface area contributed by atoms with Gasteiger partial charge >= 0.3 is 0 Å². The number of rotatable bonds is 2. The van der Waals surface area contributed by atoms with Crippen molar-refractivity contribution in [1.82, 2.24) is 9.78 Å². The standard InChI is InChI=1S/C16H15Cl2N3O2/c1-10-6-7-11-4-2-3-5-13(11)21(10)14(22)9-20-16(23)15(18)12(17)8-19-20/h2-5,8,10H,6-7,9H2,1H3/t10-/m0/s1. The fraction of sp³-hybridized carbons (Fsp3) is 0.312. The lowest BCUT2D eigenvalue weighted by Crippen LogP contribution is -2.45. The smallest absolute Gasteiger partial charge is 0.287 e. The summed E-state index contributed by atoms with van der Waals surface area (Å²) in [6, 6.07) is 7.87. The molecule has 1 aliphatic heterocycles. The first-order valence-electron chi connectivity index (χ1n) is 7.30. The van der Waals surface area contributed by atoms with Crippen molar-refractivity contribution in [3.63, 3.8) is 0 Å². The summed E-state index contributed by atoms with van der Waals surface area (Å²) in [5.41, 5.74) is 1.46. The van der Waals surface area contributed by atoms with E-state index in [4.69, 9.17) is 23.2 Å². The summed E-state index contributed by atoms with van der Waals surface area (Å²) >= 11 is 11.6. The predicted molar refractivity (Wildman–Crippen MR) is 90.2 cm³/mol. The summed E-state index contributed by atoms with van der Waals surface area (Å²) in [7, 11) is 0. The molecule has 1 amide bonds. The van der Waals surface area contributed by atoms with Crippen LogP contribution in [-0.4, -0.2) is 21.7 Å². The molecule has 0 N–H and O–H groups in total. The zero-order chi connectivity index (χ0) is 16.6. The Morgan fingerprint density at radius 2 is 2.09 bits per heavy atom. The predicted octanol–water partition coefficient (Wildman–Crippen LogP) is 2.92. The lowest BCUT2D eigenvalue weighted by atomic mass is 9.96. The SMILES string of the molecule is C[C@H]1CCc2ccccc2N1C(=O)Cn1ncc(Cl)c(Cl)c1=O. The van der Waals surface area contributed by atoms with Crippen molar-refractivity contribution < 1.29 is 4.79 Å². The molecular formula is C16H15Cl2N3O2. The van der Waals surface area contributed by atoms with Crippen molar-refractivity contribution in [1.29, 1.82) is 0 Å². The third kappa shape index (κ3) is 2.99. The van der Waals surface area contributed by atoms with Gasteiger partial charge in [0, 0.05) is 11.7 Å². The molecule has 7 heteroatoms. The molecule has 1 aliphatic rings. The first kappa shape index (κ1) is 16.0. The molecule has 1 aromatic heterocycles. The van der Waals surface area contributed by atoms with Crippen LogP contribution in [-0.2, 0) is 17.8 Å². The second kappa shape index (κ2) is 6.34. The van der Waals surface area contributed by atoms with Crippen LogP contribution in [0.3, 0.4) is 0 Å². The molecule has 0 fully saturated rings. The lowest BCUT2D eigenvalue weighted by Gasteiger charge is -2.35. The van der Waals surface area contributed by atoms with Gasteiger partial charge in [-0.05, 0) is 31.4 Å². The van der Waals surface area contributed by atoms with Crippen LogP contribution >= 0.6 is 23.2 Å². The minimum Gasteiger partial charge on any atom is -0.308 e. The zero-order valence-corrected chi connectivity index (χ0v) is 14.0. The van der Waals surface area contributed by atoms with Gasteiger partial charge < -0.3 is 4.90 Å². The molecule has 2 heterocycles. The van der Waals surface area contributed by atoms with Crippen molar-refractivity contribution in [3.8, 4) is 0 Å². The van der Waals surface area contributed by atoms with Crippen LogP contribution in [0.2, 0.25) is 10.0 Å². The maximum absolute atomic E-state index is 12.7. The lowest BCUT2D eigenvalue weighted by molar-refractivity contribution is -0.120. The van der Waals surface area contributed by atoms with E-state index in [2.05, 4.69) is 5.10 Å². The number of carbonyl (C=O) groups is 1. The maximum Gasteiger partial charge on any atom is 0.287 e. The molecule has 1 aromatic carbocycles. The molecule has 0 aliphatic carbocycles. The zero-order valence-electron chi connectivity index (χ0n) is 12.5. The van der Waals surface area contributed by atoms with E-state index in [1.165, 1.54) is 6.20 Å². The second-order valence-corrected chi connectivity index (χ2v) is 6.33. The minimum absolute atomic E-state index is 0.0656. The van der Waals surface area contributed by atoms with Gasteiger partial charge in [0.2, 0.25) is 5.91 Å². The molecule has 0 radical (unpaired) electrons. The van der Waals surface area contributed by atoms with Crippen molar-refractivity contribution in [3.05, 3.63) is 56.4 Å². The van der Waals surface area contributed by atoms with Crippen LogP contribution in [0.15, 0.2) is 35.3 Å². The number of hydrogen-bond acceptors (Lipinski definition) is 3. The monoisotopic (exact) mass is 351 g/mol. The van der Waals surface area contributed by atoms with E-state index < -0.39 is 5.56 Å². The average molecular weight is 352 g/mol. The molecule has 0 saturated heterocycles. The Balaban J connectivity index is 1.92. The number of aromatic nitrogens is 2. The highest BCUT2D eigenvalue weighted by atomic mass is 35.5. The van der Waals surface area contributed by atoms with Crippen LogP contribution in [0.25, 0.3) is 0 Å². The Hall–Kier alpha value is -1.85. The summed E-state index contributed by atoms with van der Waals surface area (Å²) in [5.74, 6) is -0.197. The number of nitrogens with zero attached hydrogens (tertiary/aromatic N) is 3. The second-order valence-electron chi connectivity index (χ2n) is 5.55. The van der Waals surface area contributed by atoms with Crippen LogP contribution in [0, 0.1) is 0 Å². The van der Waals surface area contributed by atoms with Crippen LogP contribution < -0.4 is 10.5 Å². The highest BCUT2D eigenvalue weighted by Crippen LogP contribution is 2.30. The highest BCUT2D eigenvalue weighted by molar-refractivity contribution is 6.41. The van der Waals surface area contributed by atoms with Crippen molar-refractivity contribution >= 4 is 34.8 Å². The maximum atomic E-state index is 12.7. The number of fused-ring (bicyclic) bond motifs is 1. The van der Waals surface area contributed by atoms with E-state index in [1.54, 1.807) is 4.90 Å². The van der Waals surface area contributed by atoms with Gasteiger partial charge in [-0.3, -0.25) is 9.59 Å². The van der Waals surface area contributed by atoms with Crippen LogP contribution in [0.5, 0.6) is 0 Å².